The normalized spacial score (nSPS) is 18.2. The van der Waals surface area contributed by atoms with Crippen molar-refractivity contribution in [2.45, 2.75) is 25.7 Å². The Bertz CT molecular complexity index is 656. The minimum atomic E-state index is 0.0621. The zero-order valence-corrected chi connectivity index (χ0v) is 15.0. The molecule has 0 spiro atoms. The van der Waals surface area contributed by atoms with Crippen LogP contribution in [0.5, 0.6) is 0 Å². The molecular weight excluding hydrogens is 322 g/mol. The van der Waals surface area contributed by atoms with Crippen LogP contribution in [-0.2, 0) is 6.42 Å². The smallest absolute Gasteiger partial charge is 0.273 e. The zero-order chi connectivity index (χ0) is 16.9. The molecule has 1 saturated heterocycles. The molecule has 7 heteroatoms. The largest absolute Gasteiger partial charge is 0.361 e. The summed E-state index contributed by atoms with van der Waals surface area (Å²) in [5.41, 5.74) is 3.32. The third-order valence-electron chi connectivity index (χ3n) is 4.43. The second-order valence-electron chi connectivity index (χ2n) is 6.43. The van der Waals surface area contributed by atoms with E-state index in [0.29, 0.717) is 11.6 Å². The third-order valence-corrected chi connectivity index (χ3v) is 5.02. The van der Waals surface area contributed by atoms with E-state index in [1.807, 2.05) is 41.7 Å². The molecule has 0 saturated carbocycles. The minimum absolute atomic E-state index is 0.0621. The van der Waals surface area contributed by atoms with Crippen molar-refractivity contribution in [3.05, 3.63) is 34.7 Å². The third kappa shape index (κ3) is 4.08. The van der Waals surface area contributed by atoms with E-state index in [1.54, 1.807) is 5.51 Å². The summed E-state index contributed by atoms with van der Waals surface area (Å²) in [5, 5.41) is 1.83. The van der Waals surface area contributed by atoms with Crippen molar-refractivity contribution in [1.82, 2.24) is 19.9 Å². The number of nitrogens with zero attached hydrogens (tertiary/aromatic N) is 5. The number of hydrogen-bond donors (Lipinski definition) is 0. The molecular formula is C17H23N5OS. The number of thiazole rings is 1. The summed E-state index contributed by atoms with van der Waals surface area (Å²) in [7, 11) is 3.92. The molecule has 1 aliphatic rings. The van der Waals surface area contributed by atoms with E-state index in [1.165, 1.54) is 11.3 Å². The van der Waals surface area contributed by atoms with Gasteiger partial charge in [0.05, 0.1) is 23.6 Å². The lowest BCUT2D eigenvalue weighted by Gasteiger charge is -2.19. The molecule has 128 valence electrons. The number of rotatable bonds is 4. The summed E-state index contributed by atoms with van der Waals surface area (Å²) in [4.78, 5) is 29.4. The van der Waals surface area contributed by atoms with Crippen LogP contribution in [0.15, 0.2) is 23.3 Å². The molecule has 6 nitrogen and oxygen atoms in total. The van der Waals surface area contributed by atoms with Crippen molar-refractivity contribution in [2.24, 2.45) is 5.92 Å². The number of hydrogen-bond acceptors (Lipinski definition) is 6. The highest BCUT2D eigenvalue weighted by atomic mass is 32.1. The molecule has 1 fully saturated rings. The zero-order valence-electron chi connectivity index (χ0n) is 14.2. The number of carbonyl (C=O) groups excluding carboxylic acids is 1. The lowest BCUT2D eigenvalue weighted by molar-refractivity contribution is 0.0755. The van der Waals surface area contributed by atoms with E-state index in [-0.39, 0.29) is 5.91 Å². The topological polar surface area (TPSA) is 62.2 Å². The van der Waals surface area contributed by atoms with Crippen LogP contribution < -0.4 is 4.90 Å². The first kappa shape index (κ1) is 16.8. The lowest BCUT2D eigenvalue weighted by Crippen LogP contribution is -2.32. The number of carbonyl (C=O) groups is 1. The Morgan fingerprint density at radius 2 is 2.12 bits per heavy atom. The van der Waals surface area contributed by atoms with Gasteiger partial charge < -0.3 is 9.80 Å². The number of anilines is 1. The molecule has 3 rings (SSSR count). The van der Waals surface area contributed by atoms with Gasteiger partial charge in [0.15, 0.2) is 0 Å². The molecule has 2 aromatic rings. The highest BCUT2D eigenvalue weighted by Gasteiger charge is 2.23. The Labute approximate surface area is 146 Å². The quantitative estimate of drug-likeness (QED) is 0.852. The van der Waals surface area contributed by atoms with Gasteiger partial charge in [-0.05, 0) is 31.6 Å². The summed E-state index contributed by atoms with van der Waals surface area (Å²) < 4.78 is 0. The fourth-order valence-corrected chi connectivity index (χ4v) is 3.56. The predicted molar refractivity (Wildman–Crippen MR) is 95.4 cm³/mol. The maximum absolute atomic E-state index is 12.4. The Morgan fingerprint density at radius 1 is 1.25 bits per heavy atom. The Morgan fingerprint density at radius 3 is 2.79 bits per heavy atom. The van der Waals surface area contributed by atoms with Crippen LogP contribution in [0.3, 0.4) is 0 Å². The fourth-order valence-electron chi connectivity index (χ4n) is 3.03. The molecule has 0 bridgehead atoms. The van der Waals surface area contributed by atoms with Gasteiger partial charge in [0.2, 0.25) is 0 Å². The number of amides is 1. The van der Waals surface area contributed by atoms with Gasteiger partial charge in [-0.3, -0.25) is 9.78 Å². The van der Waals surface area contributed by atoms with Crippen LogP contribution in [0.4, 0.5) is 5.82 Å². The van der Waals surface area contributed by atoms with Gasteiger partial charge in [-0.25, -0.2) is 9.97 Å². The molecule has 0 unspecified atom stereocenters. The summed E-state index contributed by atoms with van der Waals surface area (Å²) in [6.45, 7) is 1.61. The Balaban J connectivity index is 1.56. The van der Waals surface area contributed by atoms with Crippen LogP contribution in [0.1, 0.15) is 35.4 Å². The molecule has 0 aliphatic carbocycles. The summed E-state index contributed by atoms with van der Waals surface area (Å²) >= 11 is 1.47. The van der Waals surface area contributed by atoms with Crippen molar-refractivity contribution in [3.63, 3.8) is 0 Å². The molecule has 1 aliphatic heterocycles. The van der Waals surface area contributed by atoms with Crippen molar-refractivity contribution in [1.29, 1.82) is 0 Å². The van der Waals surface area contributed by atoms with Gasteiger partial charge in [-0.2, -0.15) is 0 Å². The van der Waals surface area contributed by atoms with Gasteiger partial charge in [-0.15, -0.1) is 11.3 Å². The van der Waals surface area contributed by atoms with Crippen LogP contribution in [0.25, 0.3) is 0 Å². The van der Waals surface area contributed by atoms with Crippen molar-refractivity contribution < 1.29 is 4.79 Å². The Kier molecular flexibility index (Phi) is 5.40. The van der Waals surface area contributed by atoms with Crippen LogP contribution >= 0.6 is 11.3 Å². The molecule has 0 radical (unpaired) electrons. The predicted octanol–water partition coefficient (Wildman–Crippen LogP) is 2.48. The van der Waals surface area contributed by atoms with Gasteiger partial charge in [0, 0.05) is 32.6 Å². The van der Waals surface area contributed by atoms with Crippen LogP contribution in [0.2, 0.25) is 0 Å². The van der Waals surface area contributed by atoms with Crippen LogP contribution in [0, 0.1) is 5.92 Å². The maximum atomic E-state index is 12.4. The highest BCUT2D eigenvalue weighted by molar-refractivity contribution is 7.07. The Hall–Kier alpha value is -2.02. The molecule has 0 N–H and O–H groups in total. The number of aromatic nitrogens is 3. The standard InChI is InChI=1S/C17H23N5OS/c1-21(2)16-10-18-14(9-19-16)8-13-4-3-6-22(7-5-13)17(23)15-11-24-12-20-15/h9-13H,3-8H2,1-2H3/t13-/m1/s1. The van der Waals surface area contributed by atoms with E-state index in [2.05, 4.69) is 15.0 Å². The summed E-state index contributed by atoms with van der Waals surface area (Å²) in [5.74, 6) is 1.49. The van der Waals surface area contributed by atoms with E-state index in [0.717, 1.165) is 50.3 Å². The first-order valence-corrected chi connectivity index (χ1v) is 9.23. The molecule has 1 amide bonds. The monoisotopic (exact) mass is 345 g/mol. The second kappa shape index (κ2) is 7.70. The van der Waals surface area contributed by atoms with Gasteiger partial charge >= 0.3 is 0 Å². The van der Waals surface area contributed by atoms with Crippen molar-refractivity contribution >= 4 is 23.1 Å². The van der Waals surface area contributed by atoms with E-state index >= 15 is 0 Å². The van der Waals surface area contributed by atoms with Gasteiger partial charge in [0.25, 0.3) is 5.91 Å². The average Bonchev–Trinajstić information content (AvgIpc) is 3.02. The molecule has 24 heavy (non-hydrogen) atoms. The summed E-state index contributed by atoms with van der Waals surface area (Å²) in [6, 6.07) is 0. The first-order chi connectivity index (χ1) is 11.6. The van der Waals surface area contributed by atoms with Crippen molar-refractivity contribution in [3.8, 4) is 0 Å². The van der Waals surface area contributed by atoms with E-state index in [4.69, 9.17) is 0 Å². The van der Waals surface area contributed by atoms with Crippen molar-refractivity contribution in [2.75, 3.05) is 32.1 Å². The van der Waals surface area contributed by atoms with E-state index < -0.39 is 0 Å². The molecule has 3 heterocycles. The number of likely N-dealkylation sites (tertiary alicyclic amines) is 1. The maximum Gasteiger partial charge on any atom is 0.273 e. The summed E-state index contributed by atoms with van der Waals surface area (Å²) in [6.07, 6.45) is 7.79. The first-order valence-electron chi connectivity index (χ1n) is 8.29. The molecule has 2 aromatic heterocycles. The van der Waals surface area contributed by atoms with Gasteiger partial charge in [-0.1, -0.05) is 0 Å². The highest BCUT2D eigenvalue weighted by Crippen LogP contribution is 2.22. The average molecular weight is 345 g/mol. The molecule has 1 atom stereocenters. The second-order valence-corrected chi connectivity index (χ2v) is 7.15. The lowest BCUT2D eigenvalue weighted by atomic mass is 9.95. The van der Waals surface area contributed by atoms with Crippen LogP contribution in [-0.4, -0.2) is 52.9 Å². The minimum Gasteiger partial charge on any atom is -0.361 e. The SMILES string of the molecule is CN(C)c1cnc(C[C@@H]2CCCN(C(=O)c3cscn3)CC2)cn1. The van der Waals surface area contributed by atoms with E-state index in [9.17, 15) is 4.79 Å². The fraction of sp³-hybridized carbons (Fsp3) is 0.529. The molecule has 0 aromatic carbocycles. The van der Waals surface area contributed by atoms with Gasteiger partial charge in [0.1, 0.15) is 11.5 Å².